The summed E-state index contributed by atoms with van der Waals surface area (Å²) < 4.78 is 50.5. The van der Waals surface area contributed by atoms with E-state index in [-0.39, 0.29) is 15.5 Å². The van der Waals surface area contributed by atoms with Crippen LogP contribution in [0.1, 0.15) is 11.1 Å². The van der Waals surface area contributed by atoms with Crippen molar-refractivity contribution in [1.29, 1.82) is 0 Å². The second kappa shape index (κ2) is 5.73. The van der Waals surface area contributed by atoms with Gasteiger partial charge in [0.15, 0.2) is 9.84 Å². The monoisotopic (exact) mass is 339 g/mol. The van der Waals surface area contributed by atoms with Crippen LogP contribution in [0.25, 0.3) is 0 Å². The summed E-state index contributed by atoms with van der Waals surface area (Å²) >= 11 is 0. The van der Waals surface area contributed by atoms with E-state index < -0.39 is 19.9 Å². The van der Waals surface area contributed by atoms with Gasteiger partial charge in [-0.2, -0.15) is 0 Å². The number of sulfonamides is 1. The highest BCUT2D eigenvalue weighted by atomic mass is 32.2. The largest absolute Gasteiger partial charge is 0.280 e. The molecule has 0 aliphatic carbocycles. The molecule has 0 unspecified atom stereocenters. The number of benzene rings is 2. The van der Waals surface area contributed by atoms with Crippen LogP contribution < -0.4 is 4.72 Å². The first-order valence-corrected chi connectivity index (χ1v) is 9.87. The van der Waals surface area contributed by atoms with Gasteiger partial charge in [-0.1, -0.05) is 18.2 Å². The molecule has 0 fully saturated rings. The van der Waals surface area contributed by atoms with Gasteiger partial charge in [-0.25, -0.2) is 16.8 Å². The van der Waals surface area contributed by atoms with E-state index in [1.807, 2.05) is 13.0 Å². The van der Waals surface area contributed by atoms with Gasteiger partial charge in [-0.3, -0.25) is 4.72 Å². The summed E-state index contributed by atoms with van der Waals surface area (Å²) in [5.41, 5.74) is 1.66. The van der Waals surface area contributed by atoms with Crippen LogP contribution in [0.3, 0.4) is 0 Å². The van der Waals surface area contributed by atoms with E-state index in [0.29, 0.717) is 5.56 Å². The van der Waals surface area contributed by atoms with Gasteiger partial charge in [0.2, 0.25) is 0 Å². The minimum atomic E-state index is -3.77. The zero-order chi connectivity index (χ0) is 16.5. The number of aryl methyl sites for hydroxylation is 2. The minimum absolute atomic E-state index is 0.0636. The standard InChI is InChI=1S/C15H17NO4S2/c1-11-7-8-12(2)15(9-11)22(19,20)16-13-5-4-6-14(10-13)21(3,17)18/h4-10,16H,1-3H3. The molecule has 0 amide bonds. The molecule has 0 saturated heterocycles. The van der Waals surface area contributed by atoms with E-state index in [1.165, 1.54) is 24.3 Å². The van der Waals surface area contributed by atoms with E-state index in [4.69, 9.17) is 0 Å². The van der Waals surface area contributed by atoms with Crippen molar-refractivity contribution in [2.45, 2.75) is 23.6 Å². The quantitative estimate of drug-likeness (QED) is 0.928. The van der Waals surface area contributed by atoms with E-state index in [0.717, 1.165) is 11.8 Å². The average molecular weight is 339 g/mol. The number of anilines is 1. The maximum atomic E-state index is 12.5. The first-order chi connectivity index (χ1) is 10.1. The second-order valence-electron chi connectivity index (χ2n) is 5.17. The molecule has 5 nitrogen and oxygen atoms in total. The topological polar surface area (TPSA) is 80.3 Å². The first-order valence-electron chi connectivity index (χ1n) is 6.50. The molecule has 2 aromatic rings. The molecular formula is C15H17NO4S2. The Kier molecular flexibility index (Phi) is 4.30. The van der Waals surface area contributed by atoms with Crippen LogP contribution in [0.15, 0.2) is 52.3 Å². The molecule has 0 heterocycles. The van der Waals surface area contributed by atoms with Gasteiger partial charge in [0, 0.05) is 6.26 Å². The Bertz CT molecular complexity index is 916. The van der Waals surface area contributed by atoms with Gasteiger partial charge in [-0.05, 0) is 49.2 Å². The molecule has 1 N–H and O–H groups in total. The van der Waals surface area contributed by atoms with Gasteiger partial charge in [0.05, 0.1) is 15.5 Å². The van der Waals surface area contributed by atoms with Gasteiger partial charge >= 0.3 is 0 Å². The normalized spacial score (nSPS) is 12.1. The van der Waals surface area contributed by atoms with Crippen LogP contribution in [0.5, 0.6) is 0 Å². The summed E-state index contributed by atoms with van der Waals surface area (Å²) in [6.45, 7) is 3.52. The lowest BCUT2D eigenvalue weighted by molar-refractivity contribution is 0.598. The predicted molar refractivity (Wildman–Crippen MR) is 86.3 cm³/mol. The number of sulfone groups is 1. The zero-order valence-electron chi connectivity index (χ0n) is 12.5. The Hall–Kier alpha value is -1.86. The predicted octanol–water partition coefficient (Wildman–Crippen LogP) is 2.51. The number of hydrogen-bond acceptors (Lipinski definition) is 4. The fourth-order valence-corrected chi connectivity index (χ4v) is 4.04. The molecule has 118 valence electrons. The summed E-state index contributed by atoms with van der Waals surface area (Å²) in [5.74, 6) is 0. The highest BCUT2D eigenvalue weighted by Gasteiger charge is 2.18. The van der Waals surface area contributed by atoms with Gasteiger partial charge < -0.3 is 0 Å². The van der Waals surface area contributed by atoms with Gasteiger partial charge in [0.25, 0.3) is 10.0 Å². The third kappa shape index (κ3) is 3.66. The van der Waals surface area contributed by atoms with Crippen molar-refractivity contribution < 1.29 is 16.8 Å². The third-order valence-electron chi connectivity index (χ3n) is 3.15. The van der Waals surface area contributed by atoms with Crippen LogP contribution in [0.4, 0.5) is 5.69 Å². The molecule has 22 heavy (non-hydrogen) atoms. The smallest absolute Gasteiger partial charge is 0.262 e. The van der Waals surface area contributed by atoms with Crippen molar-refractivity contribution in [2.75, 3.05) is 11.0 Å². The Balaban J connectivity index is 2.44. The van der Waals surface area contributed by atoms with E-state index in [2.05, 4.69) is 4.72 Å². The Morgan fingerprint density at radius 3 is 2.23 bits per heavy atom. The molecule has 7 heteroatoms. The summed E-state index contributed by atoms with van der Waals surface area (Å²) in [4.78, 5) is 0.242. The maximum absolute atomic E-state index is 12.5. The van der Waals surface area contributed by atoms with Crippen molar-refractivity contribution in [1.82, 2.24) is 0 Å². The minimum Gasteiger partial charge on any atom is -0.280 e. The van der Waals surface area contributed by atoms with Crippen LogP contribution in [0, 0.1) is 13.8 Å². The second-order valence-corrected chi connectivity index (χ2v) is 8.84. The van der Waals surface area contributed by atoms with Crippen molar-refractivity contribution in [3.05, 3.63) is 53.6 Å². The molecule has 0 bridgehead atoms. The fourth-order valence-electron chi connectivity index (χ4n) is 2.00. The highest BCUT2D eigenvalue weighted by molar-refractivity contribution is 7.92. The molecular weight excluding hydrogens is 322 g/mol. The maximum Gasteiger partial charge on any atom is 0.262 e. The zero-order valence-corrected chi connectivity index (χ0v) is 14.1. The molecule has 0 atom stereocenters. The van der Waals surface area contributed by atoms with Gasteiger partial charge in [-0.15, -0.1) is 0 Å². The lowest BCUT2D eigenvalue weighted by Crippen LogP contribution is -2.14. The molecule has 0 aliphatic rings. The van der Waals surface area contributed by atoms with Crippen LogP contribution in [-0.2, 0) is 19.9 Å². The van der Waals surface area contributed by atoms with Crippen molar-refractivity contribution in [3.8, 4) is 0 Å². The van der Waals surface area contributed by atoms with Gasteiger partial charge in [0.1, 0.15) is 0 Å². The molecule has 0 spiro atoms. The Morgan fingerprint density at radius 1 is 0.909 bits per heavy atom. The number of nitrogens with one attached hydrogen (secondary N) is 1. The first kappa shape index (κ1) is 16.5. The lowest BCUT2D eigenvalue weighted by atomic mass is 10.2. The molecule has 0 aliphatic heterocycles. The molecule has 2 aromatic carbocycles. The Morgan fingerprint density at radius 2 is 1.59 bits per heavy atom. The summed E-state index contributed by atoms with van der Waals surface area (Å²) in [7, 11) is -7.17. The van der Waals surface area contributed by atoms with E-state index >= 15 is 0 Å². The van der Waals surface area contributed by atoms with Crippen molar-refractivity contribution in [2.24, 2.45) is 0 Å². The van der Waals surface area contributed by atoms with Crippen LogP contribution >= 0.6 is 0 Å². The van der Waals surface area contributed by atoms with Crippen molar-refractivity contribution >= 4 is 25.5 Å². The summed E-state index contributed by atoms with van der Waals surface area (Å²) in [5, 5.41) is 0. The lowest BCUT2D eigenvalue weighted by Gasteiger charge is -2.11. The third-order valence-corrected chi connectivity index (χ3v) is 5.78. The van der Waals surface area contributed by atoms with Crippen molar-refractivity contribution in [3.63, 3.8) is 0 Å². The summed E-state index contributed by atoms with van der Waals surface area (Å²) in [6, 6.07) is 10.9. The van der Waals surface area contributed by atoms with Crippen LogP contribution in [-0.4, -0.2) is 23.1 Å². The molecule has 2 rings (SSSR count). The Labute approximate surface area is 131 Å². The van der Waals surface area contributed by atoms with Crippen LogP contribution in [0.2, 0.25) is 0 Å². The number of rotatable bonds is 4. The molecule has 0 radical (unpaired) electrons. The SMILES string of the molecule is Cc1ccc(C)c(S(=O)(=O)Nc2cccc(S(C)(=O)=O)c2)c1. The highest BCUT2D eigenvalue weighted by Crippen LogP contribution is 2.22. The fraction of sp³-hybridized carbons (Fsp3) is 0.200. The average Bonchev–Trinajstić information content (AvgIpc) is 2.40. The van der Waals surface area contributed by atoms with E-state index in [1.54, 1.807) is 19.1 Å². The number of hydrogen-bond donors (Lipinski definition) is 1. The molecule has 0 aromatic heterocycles. The summed E-state index contributed by atoms with van der Waals surface area (Å²) in [6.07, 6.45) is 1.07. The molecule has 0 saturated carbocycles. The van der Waals surface area contributed by atoms with E-state index in [9.17, 15) is 16.8 Å².